The number of hydrogen-bond donors (Lipinski definition) is 0. The highest BCUT2D eigenvalue weighted by Crippen LogP contribution is 2.29. The Balaban J connectivity index is 1.37. The predicted octanol–water partition coefficient (Wildman–Crippen LogP) is 3.67. The summed E-state index contributed by atoms with van der Waals surface area (Å²) in [6.07, 6.45) is 3.46. The van der Waals surface area contributed by atoms with Gasteiger partial charge < -0.3 is 9.64 Å². The Morgan fingerprint density at radius 3 is 2.50 bits per heavy atom. The summed E-state index contributed by atoms with van der Waals surface area (Å²) in [6, 6.07) is 15.2. The van der Waals surface area contributed by atoms with Crippen molar-refractivity contribution in [3.8, 4) is 5.69 Å². The number of carbonyl (C=O) groups excluding carboxylic acids is 2. The SMILES string of the molecule is Cc1ccnn1-c1ccc(C(=O)OCC(=O)N(Cc2ccccc2F)C2CC2)cc1. The summed E-state index contributed by atoms with van der Waals surface area (Å²) >= 11 is 0. The Morgan fingerprint density at radius 2 is 1.87 bits per heavy atom. The van der Waals surface area contributed by atoms with E-state index < -0.39 is 5.97 Å². The van der Waals surface area contributed by atoms with Crippen LogP contribution in [-0.4, -0.2) is 39.2 Å². The van der Waals surface area contributed by atoms with E-state index in [2.05, 4.69) is 5.10 Å². The molecule has 0 aliphatic heterocycles. The fraction of sp³-hybridized carbons (Fsp3) is 0.261. The van der Waals surface area contributed by atoms with Crippen LogP contribution in [0.1, 0.15) is 34.5 Å². The van der Waals surface area contributed by atoms with Crippen LogP contribution in [-0.2, 0) is 16.1 Å². The van der Waals surface area contributed by atoms with Crippen molar-refractivity contribution in [3.63, 3.8) is 0 Å². The van der Waals surface area contributed by atoms with Gasteiger partial charge >= 0.3 is 5.97 Å². The first kappa shape index (κ1) is 19.8. The lowest BCUT2D eigenvalue weighted by Gasteiger charge is -2.22. The van der Waals surface area contributed by atoms with Crippen LogP contribution in [0.4, 0.5) is 4.39 Å². The maximum atomic E-state index is 14.0. The molecule has 1 aromatic heterocycles. The molecule has 0 bridgehead atoms. The van der Waals surface area contributed by atoms with Gasteiger partial charge in [-0.3, -0.25) is 4.79 Å². The minimum Gasteiger partial charge on any atom is -0.452 e. The highest BCUT2D eigenvalue weighted by Gasteiger charge is 2.33. The second kappa shape index (κ2) is 8.49. The van der Waals surface area contributed by atoms with Crippen LogP contribution in [0.25, 0.3) is 5.69 Å². The van der Waals surface area contributed by atoms with E-state index in [1.54, 1.807) is 58.2 Å². The van der Waals surface area contributed by atoms with E-state index in [1.807, 2.05) is 13.0 Å². The zero-order valence-electron chi connectivity index (χ0n) is 16.6. The number of ether oxygens (including phenoxy) is 1. The quantitative estimate of drug-likeness (QED) is 0.561. The van der Waals surface area contributed by atoms with Crippen molar-refractivity contribution >= 4 is 11.9 Å². The number of hydrogen-bond acceptors (Lipinski definition) is 4. The minimum atomic E-state index is -0.575. The summed E-state index contributed by atoms with van der Waals surface area (Å²) in [4.78, 5) is 26.6. The third kappa shape index (κ3) is 4.40. The van der Waals surface area contributed by atoms with Crippen molar-refractivity contribution in [2.75, 3.05) is 6.61 Å². The van der Waals surface area contributed by atoms with Crippen LogP contribution in [0.2, 0.25) is 0 Å². The highest BCUT2D eigenvalue weighted by atomic mass is 19.1. The zero-order valence-corrected chi connectivity index (χ0v) is 16.6. The van der Waals surface area contributed by atoms with Crippen LogP contribution < -0.4 is 0 Å². The van der Waals surface area contributed by atoms with Gasteiger partial charge in [-0.05, 0) is 56.2 Å². The molecule has 0 unspecified atom stereocenters. The van der Waals surface area contributed by atoms with Crippen LogP contribution in [0, 0.1) is 12.7 Å². The van der Waals surface area contributed by atoms with Crippen LogP contribution in [0.15, 0.2) is 60.8 Å². The topological polar surface area (TPSA) is 64.4 Å². The molecular formula is C23H22FN3O3. The van der Waals surface area contributed by atoms with Gasteiger partial charge in [-0.15, -0.1) is 0 Å². The molecule has 6 nitrogen and oxygen atoms in total. The van der Waals surface area contributed by atoms with Crippen molar-refractivity contribution in [2.24, 2.45) is 0 Å². The molecule has 1 saturated carbocycles. The first-order chi connectivity index (χ1) is 14.5. The number of carbonyl (C=O) groups is 2. The van der Waals surface area contributed by atoms with Gasteiger partial charge in [-0.25, -0.2) is 13.9 Å². The van der Waals surface area contributed by atoms with E-state index in [0.29, 0.717) is 11.1 Å². The van der Waals surface area contributed by atoms with E-state index in [0.717, 1.165) is 24.2 Å². The van der Waals surface area contributed by atoms with Gasteiger partial charge in [0.15, 0.2) is 6.61 Å². The normalized spacial score (nSPS) is 13.1. The molecule has 0 N–H and O–H groups in total. The van der Waals surface area contributed by atoms with Gasteiger partial charge in [-0.1, -0.05) is 18.2 Å². The van der Waals surface area contributed by atoms with E-state index in [1.165, 1.54) is 6.07 Å². The van der Waals surface area contributed by atoms with E-state index in [9.17, 15) is 14.0 Å². The highest BCUT2D eigenvalue weighted by molar-refractivity contribution is 5.91. The molecule has 1 heterocycles. The molecule has 2 aromatic carbocycles. The first-order valence-corrected chi connectivity index (χ1v) is 9.84. The number of amides is 1. The van der Waals surface area contributed by atoms with E-state index in [4.69, 9.17) is 4.74 Å². The lowest BCUT2D eigenvalue weighted by atomic mass is 10.2. The summed E-state index contributed by atoms with van der Waals surface area (Å²) in [7, 11) is 0. The van der Waals surface area contributed by atoms with Crippen LogP contribution in [0.3, 0.4) is 0 Å². The molecule has 1 fully saturated rings. The van der Waals surface area contributed by atoms with Gasteiger partial charge in [-0.2, -0.15) is 5.10 Å². The molecular weight excluding hydrogens is 385 g/mol. The largest absolute Gasteiger partial charge is 0.452 e. The first-order valence-electron chi connectivity index (χ1n) is 9.84. The van der Waals surface area contributed by atoms with Gasteiger partial charge in [0.1, 0.15) is 5.82 Å². The third-order valence-corrected chi connectivity index (χ3v) is 5.11. The number of aryl methyl sites for hydroxylation is 1. The lowest BCUT2D eigenvalue weighted by Crippen LogP contribution is -2.36. The van der Waals surface area contributed by atoms with Crippen LogP contribution in [0.5, 0.6) is 0 Å². The smallest absolute Gasteiger partial charge is 0.338 e. The number of aromatic nitrogens is 2. The molecule has 1 amide bonds. The molecule has 154 valence electrons. The average molecular weight is 407 g/mol. The van der Waals surface area contributed by atoms with Crippen molar-refractivity contribution in [1.29, 1.82) is 0 Å². The van der Waals surface area contributed by atoms with Crippen molar-refractivity contribution in [2.45, 2.75) is 32.4 Å². The number of nitrogens with zero attached hydrogens (tertiary/aromatic N) is 3. The second-order valence-corrected chi connectivity index (χ2v) is 7.35. The Hall–Kier alpha value is -3.48. The molecule has 1 aliphatic carbocycles. The third-order valence-electron chi connectivity index (χ3n) is 5.11. The summed E-state index contributed by atoms with van der Waals surface area (Å²) in [5.41, 5.74) is 2.61. The Kier molecular flexibility index (Phi) is 5.61. The van der Waals surface area contributed by atoms with Crippen molar-refractivity contribution < 1.29 is 18.7 Å². The molecule has 0 spiro atoms. The predicted molar refractivity (Wildman–Crippen MR) is 109 cm³/mol. The zero-order chi connectivity index (χ0) is 21.1. The van der Waals surface area contributed by atoms with Crippen molar-refractivity contribution in [1.82, 2.24) is 14.7 Å². The molecule has 7 heteroatoms. The minimum absolute atomic E-state index is 0.0763. The molecule has 1 aliphatic rings. The van der Waals surface area contributed by atoms with E-state index in [-0.39, 0.29) is 30.9 Å². The summed E-state index contributed by atoms with van der Waals surface area (Å²) < 4.78 is 20.9. The van der Waals surface area contributed by atoms with Crippen LogP contribution >= 0.6 is 0 Å². The average Bonchev–Trinajstić information content (AvgIpc) is 3.51. The molecule has 0 radical (unpaired) electrons. The number of esters is 1. The fourth-order valence-corrected chi connectivity index (χ4v) is 3.29. The number of benzene rings is 2. The Labute approximate surface area is 173 Å². The van der Waals surface area contributed by atoms with Gasteiger partial charge in [0, 0.05) is 30.0 Å². The summed E-state index contributed by atoms with van der Waals surface area (Å²) in [5, 5.41) is 4.23. The van der Waals surface area contributed by atoms with Gasteiger partial charge in [0.05, 0.1) is 11.3 Å². The van der Waals surface area contributed by atoms with Gasteiger partial charge in [0.2, 0.25) is 0 Å². The Morgan fingerprint density at radius 1 is 1.13 bits per heavy atom. The monoisotopic (exact) mass is 407 g/mol. The molecule has 3 aromatic rings. The van der Waals surface area contributed by atoms with E-state index >= 15 is 0 Å². The molecule has 0 saturated heterocycles. The summed E-state index contributed by atoms with van der Waals surface area (Å²) in [5.74, 6) is -1.24. The molecule has 0 atom stereocenters. The number of halogens is 1. The molecule has 4 rings (SSSR count). The second-order valence-electron chi connectivity index (χ2n) is 7.35. The summed E-state index contributed by atoms with van der Waals surface area (Å²) in [6.45, 7) is 1.74. The van der Waals surface area contributed by atoms with Gasteiger partial charge in [0.25, 0.3) is 5.91 Å². The lowest BCUT2D eigenvalue weighted by molar-refractivity contribution is -0.135. The standard InChI is InChI=1S/C23H22FN3O3/c1-16-12-13-25-27(16)20-8-6-17(7-9-20)23(29)30-15-22(28)26(19-10-11-19)14-18-4-2-3-5-21(18)24/h2-9,12-13,19H,10-11,14-15H2,1H3. The fourth-order valence-electron chi connectivity index (χ4n) is 3.29. The Bertz CT molecular complexity index is 1060. The maximum Gasteiger partial charge on any atom is 0.338 e. The molecule has 30 heavy (non-hydrogen) atoms. The maximum absolute atomic E-state index is 14.0. The number of rotatable bonds is 7. The van der Waals surface area contributed by atoms with Crippen molar-refractivity contribution in [3.05, 3.63) is 83.4 Å².